The molecule has 17 heavy (non-hydrogen) atoms. The topological polar surface area (TPSA) is 72.5 Å². The maximum absolute atomic E-state index is 12.3. The van der Waals surface area contributed by atoms with Crippen molar-refractivity contribution in [2.45, 2.75) is 19.4 Å². The Labute approximate surface area is 103 Å². The van der Waals surface area contributed by atoms with Crippen LogP contribution < -0.4 is 10.5 Å². The van der Waals surface area contributed by atoms with E-state index in [4.69, 9.17) is 5.73 Å². The van der Waals surface area contributed by atoms with Gasteiger partial charge in [0, 0.05) is 6.92 Å². The van der Waals surface area contributed by atoms with Gasteiger partial charge < -0.3 is 15.6 Å². The molecule has 0 saturated carbocycles. The molecule has 1 atom stereocenters. The molecule has 96 valence electrons. The maximum atomic E-state index is 12.3. The number of rotatable bonds is 3. The van der Waals surface area contributed by atoms with Crippen molar-refractivity contribution in [3.63, 3.8) is 0 Å². The molecule has 0 saturated heterocycles. The molecule has 1 aromatic rings. The Bertz CT molecular complexity index is 401. The molecule has 4 nitrogen and oxygen atoms in total. The molecule has 1 rings (SSSR count). The molecule has 0 unspecified atom stereocenters. The fraction of sp³-hybridized carbons (Fsp3) is 0.300. The van der Waals surface area contributed by atoms with Gasteiger partial charge in [-0.15, -0.1) is 12.4 Å². The van der Waals surface area contributed by atoms with Gasteiger partial charge in [-0.05, 0) is 17.7 Å². The molecule has 0 spiro atoms. The molecule has 0 aromatic heterocycles. The Morgan fingerprint density at radius 2 is 2.06 bits per heavy atom. The third-order valence-corrected chi connectivity index (χ3v) is 1.89. The summed E-state index contributed by atoms with van der Waals surface area (Å²) in [5.74, 6) is -1.09. The van der Waals surface area contributed by atoms with Crippen LogP contribution in [-0.2, 0) is 4.79 Å². The molecule has 0 fully saturated rings. The number of halogens is 3. The minimum Gasteiger partial charge on any atom is -0.504 e. The number of hydrogen-bond donors (Lipinski definition) is 2. The van der Waals surface area contributed by atoms with E-state index in [0.29, 0.717) is 0 Å². The first-order valence-electron chi connectivity index (χ1n) is 4.47. The Hall–Kier alpha value is -1.40. The summed E-state index contributed by atoms with van der Waals surface area (Å²) >= 11 is 0. The van der Waals surface area contributed by atoms with Crippen molar-refractivity contribution in [3.8, 4) is 11.5 Å². The molecule has 0 aliphatic rings. The summed E-state index contributed by atoms with van der Waals surface area (Å²) in [7, 11) is 0. The average Bonchev–Trinajstić information content (AvgIpc) is 2.19. The van der Waals surface area contributed by atoms with Crippen molar-refractivity contribution in [3.05, 3.63) is 23.8 Å². The Morgan fingerprint density at radius 1 is 1.47 bits per heavy atom. The zero-order chi connectivity index (χ0) is 12.3. The molecular formula is C10H12ClF2NO3. The van der Waals surface area contributed by atoms with Crippen molar-refractivity contribution in [1.82, 2.24) is 0 Å². The van der Waals surface area contributed by atoms with Gasteiger partial charge in [0.25, 0.3) is 6.43 Å². The molecule has 0 bridgehead atoms. The highest BCUT2D eigenvalue weighted by Crippen LogP contribution is 2.30. The number of benzene rings is 1. The smallest absolute Gasteiger partial charge is 0.308 e. The summed E-state index contributed by atoms with van der Waals surface area (Å²) in [5, 5.41) is 9.39. The number of aromatic hydroxyl groups is 1. The van der Waals surface area contributed by atoms with E-state index in [1.807, 2.05) is 0 Å². The van der Waals surface area contributed by atoms with E-state index >= 15 is 0 Å². The van der Waals surface area contributed by atoms with Gasteiger partial charge in [-0.3, -0.25) is 4.79 Å². The zero-order valence-corrected chi connectivity index (χ0v) is 9.71. The van der Waals surface area contributed by atoms with Crippen molar-refractivity contribution in [2.75, 3.05) is 0 Å². The minimum absolute atomic E-state index is 0. The highest BCUT2D eigenvalue weighted by atomic mass is 35.5. The van der Waals surface area contributed by atoms with Gasteiger partial charge in [-0.2, -0.15) is 0 Å². The van der Waals surface area contributed by atoms with Crippen LogP contribution in [0, 0.1) is 0 Å². The van der Waals surface area contributed by atoms with Crippen LogP contribution in [0.1, 0.15) is 18.5 Å². The summed E-state index contributed by atoms with van der Waals surface area (Å²) < 4.78 is 29.2. The lowest BCUT2D eigenvalue weighted by atomic mass is 10.1. The van der Waals surface area contributed by atoms with Gasteiger partial charge in [0.2, 0.25) is 0 Å². The third-order valence-electron chi connectivity index (χ3n) is 1.89. The number of nitrogens with two attached hydrogens (primary N) is 1. The van der Waals surface area contributed by atoms with Crippen LogP contribution in [0.5, 0.6) is 11.5 Å². The zero-order valence-electron chi connectivity index (χ0n) is 8.89. The molecule has 0 radical (unpaired) electrons. The van der Waals surface area contributed by atoms with Gasteiger partial charge in [-0.25, -0.2) is 8.78 Å². The van der Waals surface area contributed by atoms with Gasteiger partial charge >= 0.3 is 5.97 Å². The molecule has 0 aliphatic carbocycles. The summed E-state index contributed by atoms with van der Waals surface area (Å²) in [5.41, 5.74) is 5.26. The van der Waals surface area contributed by atoms with Crippen LogP contribution in [0.4, 0.5) is 8.78 Å². The average molecular weight is 268 g/mol. The first kappa shape index (κ1) is 15.6. The third kappa shape index (κ3) is 4.16. The molecule has 1 aromatic carbocycles. The quantitative estimate of drug-likeness (QED) is 0.649. The number of alkyl halides is 2. The number of carbonyl (C=O) groups is 1. The number of ether oxygens (including phenoxy) is 1. The second kappa shape index (κ2) is 6.36. The van der Waals surface area contributed by atoms with E-state index < -0.39 is 24.2 Å². The lowest BCUT2D eigenvalue weighted by Gasteiger charge is -2.12. The molecule has 0 heterocycles. The van der Waals surface area contributed by atoms with E-state index in [0.717, 1.165) is 13.0 Å². The first-order valence-corrected chi connectivity index (χ1v) is 4.47. The lowest BCUT2D eigenvalue weighted by Crippen LogP contribution is -2.18. The number of esters is 1. The van der Waals surface area contributed by atoms with E-state index in [9.17, 15) is 18.7 Å². The molecule has 0 amide bonds. The van der Waals surface area contributed by atoms with Crippen LogP contribution in [0.15, 0.2) is 18.2 Å². The second-order valence-electron chi connectivity index (χ2n) is 3.18. The molecular weight excluding hydrogens is 256 g/mol. The van der Waals surface area contributed by atoms with Crippen molar-refractivity contribution in [1.29, 1.82) is 0 Å². The fourth-order valence-corrected chi connectivity index (χ4v) is 1.13. The fourth-order valence-electron chi connectivity index (χ4n) is 1.13. The Morgan fingerprint density at radius 3 is 2.47 bits per heavy atom. The van der Waals surface area contributed by atoms with Gasteiger partial charge in [0.15, 0.2) is 11.5 Å². The number of phenols is 1. The Kier molecular flexibility index (Phi) is 5.84. The summed E-state index contributed by atoms with van der Waals surface area (Å²) in [6, 6.07) is 2.07. The summed E-state index contributed by atoms with van der Waals surface area (Å²) in [6.45, 7) is 1.16. The predicted molar refractivity (Wildman–Crippen MR) is 59.6 cm³/mol. The monoisotopic (exact) mass is 267 g/mol. The molecule has 3 N–H and O–H groups in total. The summed E-state index contributed by atoms with van der Waals surface area (Å²) in [6.07, 6.45) is -2.72. The number of hydrogen-bond acceptors (Lipinski definition) is 4. The van der Waals surface area contributed by atoms with Crippen LogP contribution >= 0.6 is 12.4 Å². The standard InChI is InChI=1S/C10H11F2NO3.ClH/c1-5(14)16-8-3-2-6(4-7(8)15)9(13)10(11)12;/h2-4,9-10,15H,13H2,1H3;1H/t9-;/m0./s1. The van der Waals surface area contributed by atoms with Crippen LogP contribution in [0.2, 0.25) is 0 Å². The maximum Gasteiger partial charge on any atom is 0.308 e. The highest BCUT2D eigenvalue weighted by Gasteiger charge is 2.19. The van der Waals surface area contributed by atoms with Gasteiger partial charge in [0.1, 0.15) is 0 Å². The largest absolute Gasteiger partial charge is 0.504 e. The summed E-state index contributed by atoms with van der Waals surface area (Å²) in [4.78, 5) is 10.6. The number of phenolic OH excluding ortho intramolecular Hbond substituents is 1. The second-order valence-corrected chi connectivity index (χ2v) is 3.18. The first-order chi connectivity index (χ1) is 7.41. The normalized spacial score (nSPS) is 11.8. The molecule has 0 aliphatic heterocycles. The van der Waals surface area contributed by atoms with Gasteiger partial charge in [-0.1, -0.05) is 6.07 Å². The lowest BCUT2D eigenvalue weighted by molar-refractivity contribution is -0.132. The van der Waals surface area contributed by atoms with Crippen molar-refractivity contribution in [2.24, 2.45) is 5.73 Å². The van der Waals surface area contributed by atoms with Crippen LogP contribution in [0.3, 0.4) is 0 Å². The number of carbonyl (C=O) groups excluding carboxylic acids is 1. The Balaban J connectivity index is 0.00000256. The van der Waals surface area contributed by atoms with E-state index in [-0.39, 0.29) is 23.7 Å². The van der Waals surface area contributed by atoms with Crippen molar-refractivity contribution < 1.29 is 23.4 Å². The molecule has 7 heteroatoms. The van der Waals surface area contributed by atoms with E-state index in [2.05, 4.69) is 4.74 Å². The van der Waals surface area contributed by atoms with E-state index in [1.54, 1.807) is 0 Å². The van der Waals surface area contributed by atoms with E-state index in [1.165, 1.54) is 12.1 Å². The highest BCUT2D eigenvalue weighted by molar-refractivity contribution is 5.85. The van der Waals surface area contributed by atoms with Crippen molar-refractivity contribution >= 4 is 18.4 Å². The minimum atomic E-state index is -2.72. The van der Waals surface area contributed by atoms with Crippen LogP contribution in [-0.4, -0.2) is 17.5 Å². The SMILES string of the molecule is CC(=O)Oc1ccc([C@H](N)C(F)F)cc1O.Cl. The predicted octanol–water partition coefficient (Wildman–Crippen LogP) is 2.00. The van der Waals surface area contributed by atoms with Crippen LogP contribution in [0.25, 0.3) is 0 Å². The van der Waals surface area contributed by atoms with Gasteiger partial charge in [0.05, 0.1) is 6.04 Å².